The molecule has 2 unspecified atom stereocenters. The first-order valence-corrected chi connectivity index (χ1v) is 6.14. The summed E-state index contributed by atoms with van der Waals surface area (Å²) in [5, 5.41) is 0. The van der Waals surface area contributed by atoms with Crippen LogP contribution in [0.3, 0.4) is 0 Å². The summed E-state index contributed by atoms with van der Waals surface area (Å²) >= 11 is 0. The van der Waals surface area contributed by atoms with E-state index in [1.165, 1.54) is 0 Å². The van der Waals surface area contributed by atoms with Crippen LogP contribution in [0.1, 0.15) is 27.7 Å². The molecule has 0 bridgehead atoms. The van der Waals surface area contributed by atoms with Gasteiger partial charge >= 0.3 is 0 Å². The summed E-state index contributed by atoms with van der Waals surface area (Å²) in [4.78, 5) is 0. The number of hydrogen-bond acceptors (Lipinski definition) is 5. The minimum atomic E-state index is -0.695. The molecule has 0 saturated carbocycles. The zero-order chi connectivity index (χ0) is 13.1. The standard InChI is InChI=1S/C13H18O5/c1-6-7-8-9(16-12(2,3)15-8)10-11(14-7)18-13(4,5)17-10/h1,7-11H,2-5H3/t7?,8-,9+,10?,11+/m1/s1. The zero-order valence-electron chi connectivity index (χ0n) is 11.0. The second-order valence-electron chi connectivity index (χ2n) is 5.76. The Balaban J connectivity index is 1.89. The lowest BCUT2D eigenvalue weighted by atomic mass is 9.99. The van der Waals surface area contributed by atoms with Gasteiger partial charge in [-0.15, -0.1) is 6.42 Å². The molecule has 0 aliphatic carbocycles. The van der Waals surface area contributed by atoms with E-state index in [1.54, 1.807) is 0 Å². The summed E-state index contributed by atoms with van der Waals surface area (Å²) in [6.07, 6.45) is 3.63. The molecular weight excluding hydrogens is 236 g/mol. The molecule has 3 rings (SSSR count). The Morgan fingerprint density at radius 1 is 0.833 bits per heavy atom. The number of rotatable bonds is 0. The highest BCUT2D eigenvalue weighted by Crippen LogP contribution is 2.43. The highest BCUT2D eigenvalue weighted by molar-refractivity contribution is 5.10. The van der Waals surface area contributed by atoms with Crippen molar-refractivity contribution in [3.63, 3.8) is 0 Å². The van der Waals surface area contributed by atoms with E-state index in [-0.39, 0.29) is 18.3 Å². The van der Waals surface area contributed by atoms with E-state index in [2.05, 4.69) is 5.92 Å². The predicted molar refractivity (Wildman–Crippen MR) is 61.4 cm³/mol. The third-order valence-corrected chi connectivity index (χ3v) is 3.32. The van der Waals surface area contributed by atoms with Crippen molar-refractivity contribution in [2.75, 3.05) is 0 Å². The molecule has 0 aromatic rings. The van der Waals surface area contributed by atoms with Crippen LogP contribution in [-0.2, 0) is 23.7 Å². The van der Waals surface area contributed by atoms with Gasteiger partial charge in [0.05, 0.1) is 0 Å². The Morgan fingerprint density at radius 2 is 1.39 bits per heavy atom. The van der Waals surface area contributed by atoms with Crippen molar-refractivity contribution in [2.24, 2.45) is 0 Å². The maximum atomic E-state index is 5.89. The lowest BCUT2D eigenvalue weighted by Gasteiger charge is -2.34. The van der Waals surface area contributed by atoms with E-state index in [1.807, 2.05) is 27.7 Å². The van der Waals surface area contributed by atoms with Crippen LogP contribution in [-0.4, -0.2) is 42.3 Å². The SMILES string of the molecule is C#CC1O[C@H]2OC(C)(C)OC2[C@H]2OC(C)(C)O[C@H]12. The van der Waals surface area contributed by atoms with Crippen molar-refractivity contribution >= 4 is 0 Å². The van der Waals surface area contributed by atoms with Gasteiger partial charge in [0, 0.05) is 0 Å². The summed E-state index contributed by atoms with van der Waals surface area (Å²) in [5.74, 6) is 1.21. The molecule has 3 saturated heterocycles. The van der Waals surface area contributed by atoms with Gasteiger partial charge in [0.2, 0.25) is 0 Å². The highest BCUT2D eigenvalue weighted by atomic mass is 16.9. The maximum absolute atomic E-state index is 5.89. The molecule has 0 radical (unpaired) electrons. The van der Waals surface area contributed by atoms with Gasteiger partial charge in [0.15, 0.2) is 17.9 Å². The molecule has 5 nitrogen and oxygen atoms in total. The molecule has 0 aromatic heterocycles. The predicted octanol–water partition coefficient (Wildman–Crippen LogP) is 1.02. The fourth-order valence-corrected chi connectivity index (χ4v) is 2.75. The van der Waals surface area contributed by atoms with Gasteiger partial charge < -0.3 is 23.7 Å². The van der Waals surface area contributed by atoms with Gasteiger partial charge in [-0.25, -0.2) is 0 Å². The molecular formula is C13H18O5. The summed E-state index contributed by atoms with van der Waals surface area (Å²) in [5.41, 5.74) is 0. The lowest BCUT2D eigenvalue weighted by molar-refractivity contribution is -0.220. The zero-order valence-corrected chi connectivity index (χ0v) is 11.0. The molecule has 3 aliphatic heterocycles. The Kier molecular flexibility index (Phi) is 2.54. The highest BCUT2D eigenvalue weighted by Gasteiger charge is 2.60. The number of terminal acetylenes is 1. The molecule has 0 spiro atoms. The maximum Gasteiger partial charge on any atom is 0.191 e. The van der Waals surface area contributed by atoms with Crippen LogP contribution >= 0.6 is 0 Å². The van der Waals surface area contributed by atoms with E-state index in [4.69, 9.17) is 30.1 Å². The normalized spacial score (nSPS) is 48.3. The van der Waals surface area contributed by atoms with Crippen molar-refractivity contribution in [1.29, 1.82) is 0 Å². The average molecular weight is 254 g/mol. The van der Waals surface area contributed by atoms with Gasteiger partial charge in [-0.1, -0.05) is 5.92 Å². The smallest absolute Gasteiger partial charge is 0.191 e. The monoisotopic (exact) mass is 254 g/mol. The quantitative estimate of drug-likeness (QED) is 0.604. The average Bonchev–Trinajstić information content (AvgIpc) is 2.71. The summed E-state index contributed by atoms with van der Waals surface area (Å²) in [7, 11) is 0. The Bertz CT molecular complexity index is 397. The third kappa shape index (κ3) is 1.85. The van der Waals surface area contributed by atoms with Crippen LogP contribution in [0.2, 0.25) is 0 Å². The second kappa shape index (κ2) is 3.69. The van der Waals surface area contributed by atoms with E-state index in [0.717, 1.165) is 0 Å². The van der Waals surface area contributed by atoms with E-state index in [9.17, 15) is 0 Å². The van der Waals surface area contributed by atoms with Gasteiger partial charge in [0.25, 0.3) is 0 Å². The molecule has 5 atom stereocenters. The molecule has 3 fully saturated rings. The Hall–Kier alpha value is -0.640. The molecule has 3 heterocycles. The molecule has 3 aliphatic rings. The largest absolute Gasteiger partial charge is 0.341 e. The first-order chi connectivity index (χ1) is 8.31. The van der Waals surface area contributed by atoms with Gasteiger partial charge in [-0.05, 0) is 27.7 Å². The van der Waals surface area contributed by atoms with Crippen molar-refractivity contribution < 1.29 is 23.7 Å². The van der Waals surface area contributed by atoms with Crippen LogP contribution in [0, 0.1) is 12.3 Å². The Labute approximate surface area is 107 Å². The summed E-state index contributed by atoms with van der Waals surface area (Å²) in [6, 6.07) is 0. The molecule has 0 aromatic carbocycles. The minimum absolute atomic E-state index is 0.262. The van der Waals surface area contributed by atoms with E-state index in [0.29, 0.717) is 0 Å². The Morgan fingerprint density at radius 3 is 2.06 bits per heavy atom. The van der Waals surface area contributed by atoms with Crippen LogP contribution in [0.25, 0.3) is 0 Å². The third-order valence-electron chi connectivity index (χ3n) is 3.32. The van der Waals surface area contributed by atoms with Crippen LogP contribution in [0.5, 0.6) is 0 Å². The number of hydrogen-bond donors (Lipinski definition) is 0. The van der Waals surface area contributed by atoms with Gasteiger partial charge in [0.1, 0.15) is 24.4 Å². The summed E-state index contributed by atoms with van der Waals surface area (Å²) in [6.45, 7) is 7.40. The topological polar surface area (TPSA) is 46.2 Å². The molecule has 18 heavy (non-hydrogen) atoms. The minimum Gasteiger partial charge on any atom is -0.341 e. The van der Waals surface area contributed by atoms with Crippen molar-refractivity contribution in [1.82, 2.24) is 0 Å². The lowest BCUT2D eigenvalue weighted by Crippen LogP contribution is -2.54. The van der Waals surface area contributed by atoms with Crippen molar-refractivity contribution in [3.05, 3.63) is 0 Å². The van der Waals surface area contributed by atoms with Gasteiger partial charge in [-0.2, -0.15) is 0 Å². The van der Waals surface area contributed by atoms with Crippen molar-refractivity contribution in [2.45, 2.75) is 70.0 Å². The summed E-state index contributed by atoms with van der Waals surface area (Å²) < 4.78 is 28.9. The molecule has 0 amide bonds. The molecule has 0 N–H and O–H groups in total. The molecule has 5 heteroatoms. The first kappa shape index (κ1) is 12.4. The number of fused-ring (bicyclic) bond motifs is 3. The van der Waals surface area contributed by atoms with Crippen LogP contribution in [0.15, 0.2) is 0 Å². The number of ether oxygens (including phenoxy) is 5. The fraction of sp³-hybridized carbons (Fsp3) is 0.846. The van der Waals surface area contributed by atoms with Gasteiger partial charge in [-0.3, -0.25) is 0 Å². The van der Waals surface area contributed by atoms with E-state index >= 15 is 0 Å². The van der Waals surface area contributed by atoms with Crippen molar-refractivity contribution in [3.8, 4) is 12.3 Å². The van der Waals surface area contributed by atoms with Crippen LogP contribution in [0.4, 0.5) is 0 Å². The van der Waals surface area contributed by atoms with E-state index < -0.39 is 24.0 Å². The molecule has 100 valence electrons. The second-order valence-corrected chi connectivity index (χ2v) is 5.76. The fourth-order valence-electron chi connectivity index (χ4n) is 2.75. The first-order valence-electron chi connectivity index (χ1n) is 6.14. The van der Waals surface area contributed by atoms with Crippen LogP contribution < -0.4 is 0 Å².